The third-order valence-corrected chi connectivity index (χ3v) is 7.10. The van der Waals surface area contributed by atoms with Gasteiger partial charge in [0.05, 0.1) is 12.8 Å². The van der Waals surface area contributed by atoms with Crippen LogP contribution in [0.3, 0.4) is 0 Å². The van der Waals surface area contributed by atoms with Crippen LogP contribution in [0, 0.1) is 5.82 Å². The molecule has 0 heterocycles. The zero-order chi connectivity index (χ0) is 24.8. The summed E-state index contributed by atoms with van der Waals surface area (Å²) in [6, 6.07) is 28.2. The number of anilines is 2. The zero-order valence-electron chi connectivity index (χ0n) is 19.6. The highest BCUT2D eigenvalue weighted by Gasteiger charge is 2.22. The predicted octanol–water partition coefficient (Wildman–Crippen LogP) is 6.33. The highest BCUT2D eigenvalue weighted by Crippen LogP contribution is 2.33. The van der Waals surface area contributed by atoms with Crippen LogP contribution < -0.4 is 14.4 Å². The highest BCUT2D eigenvalue weighted by molar-refractivity contribution is 7.92. The Morgan fingerprint density at radius 2 is 1.63 bits per heavy atom. The normalized spacial score (nSPS) is 11.2. The van der Waals surface area contributed by atoms with E-state index in [9.17, 15) is 12.8 Å². The molecule has 35 heavy (non-hydrogen) atoms. The van der Waals surface area contributed by atoms with Gasteiger partial charge in [0.15, 0.2) is 0 Å². The number of methoxy groups -OCH3 is 1. The van der Waals surface area contributed by atoms with E-state index in [2.05, 4.69) is 28.7 Å². The average molecular weight is 491 g/mol. The second-order valence-electron chi connectivity index (χ2n) is 8.00. The van der Waals surface area contributed by atoms with E-state index in [0.717, 1.165) is 17.8 Å². The molecule has 180 valence electrons. The van der Waals surface area contributed by atoms with E-state index >= 15 is 0 Å². The fourth-order valence-electron chi connectivity index (χ4n) is 3.92. The van der Waals surface area contributed by atoms with Gasteiger partial charge >= 0.3 is 0 Å². The smallest absolute Gasteiger partial charge is 0.265 e. The SMILES string of the molecule is CCN(Cc1ccccc1)c1cccc(NS(=O)(=O)c2cc(-c3ccccc3F)ccc2OC)c1. The fraction of sp³-hybridized carbons (Fsp3) is 0.143. The number of rotatable bonds is 9. The maximum absolute atomic E-state index is 14.3. The van der Waals surface area contributed by atoms with Gasteiger partial charge in [-0.2, -0.15) is 0 Å². The lowest BCUT2D eigenvalue weighted by Crippen LogP contribution is -2.22. The summed E-state index contributed by atoms with van der Waals surface area (Å²) >= 11 is 0. The van der Waals surface area contributed by atoms with Gasteiger partial charge in [-0.05, 0) is 54.4 Å². The maximum atomic E-state index is 14.3. The Morgan fingerprint density at radius 1 is 0.886 bits per heavy atom. The van der Waals surface area contributed by atoms with Crippen molar-refractivity contribution in [2.24, 2.45) is 0 Å². The summed E-state index contributed by atoms with van der Waals surface area (Å²) in [4.78, 5) is 2.09. The molecular weight excluding hydrogens is 463 g/mol. The zero-order valence-corrected chi connectivity index (χ0v) is 20.4. The van der Waals surface area contributed by atoms with Gasteiger partial charge in [0.1, 0.15) is 16.5 Å². The number of hydrogen-bond donors (Lipinski definition) is 1. The Balaban J connectivity index is 1.64. The summed E-state index contributed by atoms with van der Waals surface area (Å²) in [5.41, 5.74) is 3.23. The van der Waals surface area contributed by atoms with Crippen LogP contribution >= 0.6 is 0 Å². The van der Waals surface area contributed by atoms with Gasteiger partial charge in [0.25, 0.3) is 10.0 Å². The molecule has 0 amide bonds. The predicted molar refractivity (Wildman–Crippen MR) is 139 cm³/mol. The summed E-state index contributed by atoms with van der Waals surface area (Å²) in [6.45, 7) is 3.51. The van der Waals surface area contributed by atoms with Crippen LogP contribution in [0.5, 0.6) is 5.75 Å². The van der Waals surface area contributed by atoms with Crippen molar-refractivity contribution in [3.05, 3.63) is 108 Å². The van der Waals surface area contributed by atoms with E-state index in [1.165, 1.54) is 25.3 Å². The van der Waals surface area contributed by atoms with Crippen LogP contribution in [0.15, 0.2) is 102 Å². The van der Waals surface area contributed by atoms with E-state index in [4.69, 9.17) is 4.74 Å². The molecule has 4 aromatic rings. The topological polar surface area (TPSA) is 58.6 Å². The first-order valence-corrected chi connectivity index (χ1v) is 12.7. The molecule has 7 heteroatoms. The summed E-state index contributed by atoms with van der Waals surface area (Å²) < 4.78 is 49.1. The van der Waals surface area contributed by atoms with Crippen LogP contribution in [-0.2, 0) is 16.6 Å². The van der Waals surface area contributed by atoms with Crippen molar-refractivity contribution >= 4 is 21.4 Å². The van der Waals surface area contributed by atoms with Crippen molar-refractivity contribution < 1.29 is 17.5 Å². The molecule has 0 fully saturated rings. The van der Waals surface area contributed by atoms with E-state index in [1.807, 2.05) is 30.3 Å². The lowest BCUT2D eigenvalue weighted by Gasteiger charge is -2.24. The van der Waals surface area contributed by atoms with Crippen molar-refractivity contribution in [2.45, 2.75) is 18.4 Å². The Morgan fingerprint density at radius 3 is 2.34 bits per heavy atom. The van der Waals surface area contributed by atoms with Crippen LogP contribution in [-0.4, -0.2) is 22.1 Å². The van der Waals surface area contributed by atoms with Gasteiger partial charge < -0.3 is 9.64 Å². The number of sulfonamides is 1. The molecule has 0 aliphatic carbocycles. The molecule has 1 N–H and O–H groups in total. The summed E-state index contributed by atoms with van der Waals surface area (Å²) in [5.74, 6) is -0.257. The lowest BCUT2D eigenvalue weighted by molar-refractivity contribution is 0.403. The molecule has 0 bridgehead atoms. The quantitative estimate of drug-likeness (QED) is 0.298. The Kier molecular flexibility index (Phi) is 7.36. The first-order valence-electron chi connectivity index (χ1n) is 11.3. The van der Waals surface area contributed by atoms with Gasteiger partial charge in [0.2, 0.25) is 0 Å². The molecule has 0 aliphatic heterocycles. The Labute approximate surface area is 205 Å². The summed E-state index contributed by atoms with van der Waals surface area (Å²) in [6.07, 6.45) is 0. The molecule has 0 saturated heterocycles. The Hall–Kier alpha value is -3.84. The Bertz CT molecular complexity index is 1410. The molecule has 4 aromatic carbocycles. The molecule has 0 aromatic heterocycles. The lowest BCUT2D eigenvalue weighted by atomic mass is 10.1. The number of nitrogens with zero attached hydrogens (tertiary/aromatic N) is 1. The molecule has 0 radical (unpaired) electrons. The van der Waals surface area contributed by atoms with Gasteiger partial charge in [-0.15, -0.1) is 0 Å². The van der Waals surface area contributed by atoms with Gasteiger partial charge in [0, 0.05) is 24.3 Å². The monoisotopic (exact) mass is 490 g/mol. The van der Waals surface area contributed by atoms with E-state index < -0.39 is 15.8 Å². The standard InChI is InChI=1S/C28H27FN2O3S/c1-3-31(20-21-10-5-4-6-11-21)24-13-9-12-23(19-24)30-35(32,33)28-18-22(16-17-27(28)34-2)25-14-7-8-15-26(25)29/h4-19,30H,3,20H2,1-2H3. The molecule has 4 rings (SSSR count). The first kappa shape index (κ1) is 24.3. The van der Waals surface area contributed by atoms with E-state index in [1.54, 1.807) is 36.4 Å². The van der Waals surface area contributed by atoms with Crippen molar-refractivity contribution in [1.29, 1.82) is 0 Å². The molecule has 0 saturated carbocycles. The number of nitrogens with one attached hydrogen (secondary N) is 1. The van der Waals surface area contributed by atoms with E-state index in [-0.39, 0.29) is 10.6 Å². The van der Waals surface area contributed by atoms with Crippen molar-refractivity contribution in [3.63, 3.8) is 0 Å². The number of halogens is 1. The van der Waals surface area contributed by atoms with Gasteiger partial charge in [-0.25, -0.2) is 12.8 Å². The molecule has 0 unspecified atom stereocenters. The average Bonchev–Trinajstić information content (AvgIpc) is 2.87. The minimum Gasteiger partial charge on any atom is -0.495 e. The number of hydrogen-bond acceptors (Lipinski definition) is 4. The molecule has 5 nitrogen and oxygen atoms in total. The first-order chi connectivity index (χ1) is 16.9. The third-order valence-electron chi connectivity index (χ3n) is 5.70. The second kappa shape index (κ2) is 10.6. The molecule has 0 atom stereocenters. The van der Waals surface area contributed by atoms with Crippen LogP contribution in [0.4, 0.5) is 15.8 Å². The van der Waals surface area contributed by atoms with Crippen LogP contribution in [0.1, 0.15) is 12.5 Å². The summed E-state index contributed by atoms with van der Waals surface area (Å²) in [7, 11) is -2.62. The fourth-order valence-corrected chi connectivity index (χ4v) is 5.16. The van der Waals surface area contributed by atoms with Crippen molar-refractivity contribution in [3.8, 4) is 16.9 Å². The van der Waals surface area contributed by atoms with Gasteiger partial charge in [-0.1, -0.05) is 60.7 Å². The van der Waals surface area contributed by atoms with Crippen molar-refractivity contribution in [2.75, 3.05) is 23.3 Å². The largest absolute Gasteiger partial charge is 0.495 e. The second-order valence-corrected chi connectivity index (χ2v) is 9.65. The number of ether oxygens (including phenoxy) is 1. The van der Waals surface area contributed by atoms with E-state index in [0.29, 0.717) is 23.4 Å². The number of benzene rings is 4. The van der Waals surface area contributed by atoms with Crippen LogP contribution in [0.2, 0.25) is 0 Å². The van der Waals surface area contributed by atoms with Crippen molar-refractivity contribution in [1.82, 2.24) is 0 Å². The highest BCUT2D eigenvalue weighted by atomic mass is 32.2. The molecular formula is C28H27FN2O3S. The minimum absolute atomic E-state index is 0.0669. The molecule has 0 spiro atoms. The molecule has 0 aliphatic rings. The maximum Gasteiger partial charge on any atom is 0.265 e. The summed E-state index contributed by atoms with van der Waals surface area (Å²) in [5, 5.41) is 0. The third kappa shape index (κ3) is 5.63. The van der Waals surface area contributed by atoms with Crippen LogP contribution in [0.25, 0.3) is 11.1 Å². The minimum atomic E-state index is -4.02. The van der Waals surface area contributed by atoms with Gasteiger partial charge in [-0.3, -0.25) is 4.72 Å².